The summed E-state index contributed by atoms with van der Waals surface area (Å²) < 4.78 is 19.1. The van der Waals surface area contributed by atoms with Crippen LogP contribution in [-0.2, 0) is 6.54 Å². The fourth-order valence-corrected chi connectivity index (χ4v) is 2.22. The minimum absolute atomic E-state index is 0.158. The van der Waals surface area contributed by atoms with Crippen LogP contribution in [0.25, 0.3) is 22.3 Å². The Bertz CT molecular complexity index is 751. The Hall–Kier alpha value is -1.84. The number of hydrogen-bond acceptors (Lipinski definition) is 2. The van der Waals surface area contributed by atoms with Gasteiger partial charge in [-0.2, -0.15) is 0 Å². The van der Waals surface area contributed by atoms with E-state index in [1.165, 1.54) is 6.07 Å². The molecule has 1 heterocycles. The van der Waals surface area contributed by atoms with Crippen LogP contribution in [-0.4, -0.2) is 0 Å². The van der Waals surface area contributed by atoms with Crippen molar-refractivity contribution in [1.82, 2.24) is 0 Å². The van der Waals surface area contributed by atoms with Gasteiger partial charge in [-0.1, -0.05) is 11.6 Å². The smallest absolute Gasteiger partial charge is 0.135 e. The normalized spacial score (nSPS) is 11.1. The third kappa shape index (κ3) is 2.23. The monoisotopic (exact) mass is 275 g/mol. The lowest BCUT2D eigenvalue weighted by Gasteiger charge is -2.02. The summed E-state index contributed by atoms with van der Waals surface area (Å²) in [6.07, 6.45) is 0. The third-order valence-corrected chi connectivity index (χ3v) is 3.26. The predicted molar refractivity (Wildman–Crippen MR) is 74.5 cm³/mol. The lowest BCUT2D eigenvalue weighted by atomic mass is 10.1. The van der Waals surface area contributed by atoms with Crippen molar-refractivity contribution in [2.24, 2.45) is 5.73 Å². The minimum atomic E-state index is -0.301. The van der Waals surface area contributed by atoms with Crippen LogP contribution in [0.2, 0.25) is 5.02 Å². The Labute approximate surface area is 114 Å². The highest BCUT2D eigenvalue weighted by atomic mass is 35.5. The largest absolute Gasteiger partial charge is 0.456 e. The highest BCUT2D eigenvalue weighted by Crippen LogP contribution is 2.30. The van der Waals surface area contributed by atoms with Gasteiger partial charge < -0.3 is 10.2 Å². The number of benzene rings is 2. The maximum Gasteiger partial charge on any atom is 0.135 e. The molecule has 4 heteroatoms. The molecule has 2 N–H and O–H groups in total. The molecular formula is C15H11ClFNO. The standard InChI is InChI=1S/C15H11ClFNO/c16-12-2-4-14-10(6-12)7-15(19-14)9-1-3-13(17)11(5-9)8-18/h1-7H,8,18H2. The van der Waals surface area contributed by atoms with Gasteiger partial charge in [-0.05, 0) is 42.5 Å². The van der Waals surface area contributed by atoms with Crippen LogP contribution in [0.4, 0.5) is 4.39 Å². The zero-order chi connectivity index (χ0) is 13.4. The summed E-state index contributed by atoms with van der Waals surface area (Å²) in [5.41, 5.74) is 7.52. The molecule has 0 radical (unpaired) electrons. The second-order valence-corrected chi connectivity index (χ2v) is 4.74. The average Bonchev–Trinajstić information content (AvgIpc) is 2.82. The second-order valence-electron chi connectivity index (χ2n) is 4.30. The zero-order valence-corrected chi connectivity index (χ0v) is 10.7. The maximum atomic E-state index is 13.4. The van der Waals surface area contributed by atoms with Gasteiger partial charge in [0.15, 0.2) is 0 Å². The SMILES string of the molecule is NCc1cc(-c2cc3cc(Cl)ccc3o2)ccc1F. The Morgan fingerprint density at radius 2 is 1.95 bits per heavy atom. The van der Waals surface area contributed by atoms with Crippen molar-refractivity contribution in [2.75, 3.05) is 0 Å². The van der Waals surface area contributed by atoms with Gasteiger partial charge in [0.2, 0.25) is 0 Å². The predicted octanol–water partition coefficient (Wildman–Crippen LogP) is 4.35. The number of rotatable bonds is 2. The first-order valence-electron chi connectivity index (χ1n) is 5.85. The summed E-state index contributed by atoms with van der Waals surface area (Å²) in [6.45, 7) is 0.158. The Morgan fingerprint density at radius 3 is 2.74 bits per heavy atom. The molecule has 96 valence electrons. The molecule has 2 aromatic carbocycles. The average molecular weight is 276 g/mol. The fourth-order valence-electron chi connectivity index (χ4n) is 2.04. The molecule has 0 fully saturated rings. The first-order valence-corrected chi connectivity index (χ1v) is 6.23. The molecule has 0 atom stereocenters. The van der Waals surface area contributed by atoms with Gasteiger partial charge in [0.05, 0.1) is 0 Å². The van der Waals surface area contributed by atoms with Gasteiger partial charge in [-0.3, -0.25) is 0 Å². The van der Waals surface area contributed by atoms with E-state index in [1.807, 2.05) is 18.2 Å². The van der Waals surface area contributed by atoms with Crippen molar-refractivity contribution >= 4 is 22.6 Å². The van der Waals surface area contributed by atoms with Crippen molar-refractivity contribution in [3.63, 3.8) is 0 Å². The summed E-state index contributed by atoms with van der Waals surface area (Å²) in [4.78, 5) is 0. The van der Waals surface area contributed by atoms with Crippen LogP contribution in [0.3, 0.4) is 0 Å². The summed E-state index contributed by atoms with van der Waals surface area (Å²) in [6, 6.07) is 12.1. The van der Waals surface area contributed by atoms with Crippen LogP contribution in [0, 0.1) is 5.82 Å². The highest BCUT2D eigenvalue weighted by molar-refractivity contribution is 6.31. The van der Waals surface area contributed by atoms with Crippen LogP contribution in [0.5, 0.6) is 0 Å². The summed E-state index contributed by atoms with van der Waals surface area (Å²) in [5, 5.41) is 1.57. The van der Waals surface area contributed by atoms with Crippen molar-refractivity contribution in [3.8, 4) is 11.3 Å². The quantitative estimate of drug-likeness (QED) is 0.755. The van der Waals surface area contributed by atoms with Crippen LogP contribution >= 0.6 is 11.6 Å². The van der Waals surface area contributed by atoms with E-state index in [1.54, 1.807) is 18.2 Å². The third-order valence-electron chi connectivity index (χ3n) is 3.03. The molecule has 0 amide bonds. The summed E-state index contributed by atoms with van der Waals surface area (Å²) in [5.74, 6) is 0.373. The van der Waals surface area contributed by atoms with Crippen molar-refractivity contribution in [1.29, 1.82) is 0 Å². The van der Waals surface area contributed by atoms with Crippen LogP contribution in [0.1, 0.15) is 5.56 Å². The van der Waals surface area contributed by atoms with E-state index in [-0.39, 0.29) is 12.4 Å². The molecule has 19 heavy (non-hydrogen) atoms. The lowest BCUT2D eigenvalue weighted by Crippen LogP contribution is -1.99. The lowest BCUT2D eigenvalue weighted by molar-refractivity contribution is 0.608. The van der Waals surface area contributed by atoms with E-state index in [9.17, 15) is 4.39 Å². The maximum absolute atomic E-state index is 13.4. The Kier molecular flexibility index (Phi) is 3.01. The molecular weight excluding hydrogens is 265 g/mol. The molecule has 3 aromatic rings. The molecule has 0 aliphatic heterocycles. The molecule has 0 saturated heterocycles. The first-order chi connectivity index (χ1) is 9.17. The first kappa shape index (κ1) is 12.2. The number of nitrogens with two attached hydrogens (primary N) is 1. The van der Waals surface area contributed by atoms with Gasteiger partial charge in [0.25, 0.3) is 0 Å². The van der Waals surface area contributed by atoms with E-state index >= 15 is 0 Å². The van der Waals surface area contributed by atoms with Gasteiger partial charge in [0.1, 0.15) is 17.2 Å². The van der Waals surface area contributed by atoms with Gasteiger partial charge in [-0.15, -0.1) is 0 Å². The topological polar surface area (TPSA) is 39.2 Å². The Balaban J connectivity index is 2.13. The summed E-state index contributed by atoms with van der Waals surface area (Å²) in [7, 11) is 0. The second kappa shape index (κ2) is 4.68. The van der Waals surface area contributed by atoms with E-state index in [0.717, 1.165) is 16.5 Å². The molecule has 0 bridgehead atoms. The van der Waals surface area contributed by atoms with E-state index in [0.29, 0.717) is 16.3 Å². The van der Waals surface area contributed by atoms with Crippen LogP contribution in [0.15, 0.2) is 46.9 Å². The molecule has 3 rings (SSSR count). The fraction of sp³-hybridized carbons (Fsp3) is 0.0667. The minimum Gasteiger partial charge on any atom is -0.456 e. The molecule has 0 aliphatic rings. The molecule has 1 aromatic heterocycles. The number of halogens is 2. The highest BCUT2D eigenvalue weighted by Gasteiger charge is 2.09. The molecule has 0 unspecified atom stereocenters. The molecule has 0 saturated carbocycles. The zero-order valence-electron chi connectivity index (χ0n) is 9.99. The number of furan rings is 1. The number of fused-ring (bicyclic) bond motifs is 1. The molecule has 2 nitrogen and oxygen atoms in total. The van der Waals surface area contributed by atoms with Gasteiger partial charge in [-0.25, -0.2) is 4.39 Å². The number of hydrogen-bond donors (Lipinski definition) is 1. The van der Waals surface area contributed by atoms with E-state index in [4.69, 9.17) is 21.8 Å². The van der Waals surface area contributed by atoms with Crippen LogP contribution < -0.4 is 5.73 Å². The van der Waals surface area contributed by atoms with Gasteiger partial charge in [0, 0.05) is 28.1 Å². The molecule has 0 spiro atoms. The van der Waals surface area contributed by atoms with Crippen molar-refractivity contribution in [2.45, 2.75) is 6.54 Å². The van der Waals surface area contributed by atoms with Crippen molar-refractivity contribution < 1.29 is 8.81 Å². The summed E-state index contributed by atoms with van der Waals surface area (Å²) >= 11 is 5.93. The Morgan fingerprint density at radius 1 is 1.11 bits per heavy atom. The van der Waals surface area contributed by atoms with Crippen molar-refractivity contribution in [3.05, 3.63) is 58.9 Å². The molecule has 0 aliphatic carbocycles. The van der Waals surface area contributed by atoms with E-state index < -0.39 is 0 Å². The van der Waals surface area contributed by atoms with Gasteiger partial charge >= 0.3 is 0 Å². The van der Waals surface area contributed by atoms with E-state index in [2.05, 4.69) is 0 Å².